The number of anilines is 3. The van der Waals surface area contributed by atoms with Crippen LogP contribution in [0.1, 0.15) is 0 Å². The molecule has 13 rings (SSSR count). The fourth-order valence-electron chi connectivity index (χ4n) is 10.2. The number of hydrogen-bond acceptors (Lipinski definition) is 2. The van der Waals surface area contributed by atoms with Crippen LogP contribution in [0.25, 0.3) is 103 Å². The SMILES string of the molecule is c1ccc(-c2cc(-c3ccccc3)cc(-c3ccc(N(c4ccc(-c5ccc6c(c5)sc5ccccc56)cc4)c4ccc(-c5ccc6c(c5)c5ccccc5n6-c5ccccc5)cc4)cc3)c2)cc1. The van der Waals surface area contributed by atoms with E-state index in [9.17, 15) is 0 Å². The summed E-state index contributed by atoms with van der Waals surface area (Å²) in [5, 5.41) is 5.13. The molecule has 0 fully saturated rings. The van der Waals surface area contributed by atoms with Gasteiger partial charge < -0.3 is 9.47 Å². The fraction of sp³-hybridized carbons (Fsp3) is 0. The number of nitrogens with zero attached hydrogens (tertiary/aromatic N) is 2. The normalized spacial score (nSPS) is 11.5. The maximum Gasteiger partial charge on any atom is 0.0541 e. The molecule has 2 aromatic heterocycles. The van der Waals surface area contributed by atoms with Crippen LogP contribution in [-0.4, -0.2) is 4.57 Å². The van der Waals surface area contributed by atoms with Crippen molar-refractivity contribution >= 4 is 70.4 Å². The van der Waals surface area contributed by atoms with Gasteiger partial charge in [0, 0.05) is 53.7 Å². The topological polar surface area (TPSA) is 8.17 Å². The van der Waals surface area contributed by atoms with Crippen LogP contribution in [0.3, 0.4) is 0 Å². The minimum absolute atomic E-state index is 1.09. The molecule has 11 aromatic carbocycles. The van der Waals surface area contributed by atoms with Gasteiger partial charge in [0.15, 0.2) is 0 Å². The lowest BCUT2D eigenvalue weighted by molar-refractivity contribution is 1.18. The van der Waals surface area contributed by atoms with E-state index < -0.39 is 0 Å². The number of fused-ring (bicyclic) bond motifs is 6. The monoisotopic (exact) mass is 896 g/mol. The third-order valence-corrected chi connectivity index (χ3v) is 14.7. The Kier molecular flexibility index (Phi) is 10.1. The van der Waals surface area contributed by atoms with E-state index in [0.717, 1.165) is 22.7 Å². The van der Waals surface area contributed by atoms with Crippen molar-refractivity contribution in [3.05, 3.63) is 267 Å². The van der Waals surface area contributed by atoms with Crippen LogP contribution >= 0.6 is 11.3 Å². The van der Waals surface area contributed by atoms with Crippen molar-refractivity contribution in [1.82, 2.24) is 4.57 Å². The Bertz CT molecular complexity index is 3910. The molecule has 0 saturated carbocycles. The first-order valence-corrected chi connectivity index (χ1v) is 24.4. The highest BCUT2D eigenvalue weighted by Crippen LogP contribution is 2.42. The van der Waals surface area contributed by atoms with Crippen molar-refractivity contribution in [1.29, 1.82) is 0 Å². The molecule has 13 aromatic rings. The first-order chi connectivity index (χ1) is 34.2. The van der Waals surface area contributed by atoms with Gasteiger partial charge in [-0.05, 0) is 153 Å². The van der Waals surface area contributed by atoms with Gasteiger partial charge in [0.05, 0.1) is 11.0 Å². The minimum atomic E-state index is 1.09. The minimum Gasteiger partial charge on any atom is -0.311 e. The molecule has 324 valence electrons. The third-order valence-electron chi connectivity index (χ3n) is 13.6. The van der Waals surface area contributed by atoms with E-state index in [1.165, 1.54) is 97.6 Å². The molecule has 0 radical (unpaired) electrons. The lowest BCUT2D eigenvalue weighted by atomic mass is 9.93. The average Bonchev–Trinajstić information content (AvgIpc) is 3.97. The van der Waals surface area contributed by atoms with Crippen molar-refractivity contribution in [2.45, 2.75) is 0 Å². The highest BCUT2D eigenvalue weighted by atomic mass is 32.1. The second-order valence-corrected chi connectivity index (χ2v) is 18.8. The molecule has 0 spiro atoms. The van der Waals surface area contributed by atoms with Crippen LogP contribution in [0.4, 0.5) is 17.1 Å². The van der Waals surface area contributed by atoms with Gasteiger partial charge in [-0.15, -0.1) is 11.3 Å². The average molecular weight is 897 g/mol. The van der Waals surface area contributed by atoms with Gasteiger partial charge in [-0.25, -0.2) is 0 Å². The van der Waals surface area contributed by atoms with Gasteiger partial charge in [0.25, 0.3) is 0 Å². The van der Waals surface area contributed by atoms with Crippen LogP contribution < -0.4 is 4.90 Å². The first kappa shape index (κ1) is 40.5. The van der Waals surface area contributed by atoms with Crippen LogP contribution in [0, 0.1) is 0 Å². The Balaban J connectivity index is 0.885. The quantitative estimate of drug-likeness (QED) is 0.140. The molecule has 0 N–H and O–H groups in total. The molecule has 0 aliphatic rings. The largest absolute Gasteiger partial charge is 0.311 e. The van der Waals surface area contributed by atoms with Gasteiger partial charge in [-0.1, -0.05) is 170 Å². The summed E-state index contributed by atoms with van der Waals surface area (Å²) in [4.78, 5) is 2.37. The summed E-state index contributed by atoms with van der Waals surface area (Å²) in [6, 6.07) is 97.4. The maximum atomic E-state index is 2.37. The van der Waals surface area contributed by atoms with E-state index in [1.54, 1.807) is 0 Å². The van der Waals surface area contributed by atoms with Gasteiger partial charge in [-0.2, -0.15) is 0 Å². The number of aromatic nitrogens is 1. The predicted octanol–water partition coefficient (Wildman–Crippen LogP) is 19.0. The van der Waals surface area contributed by atoms with E-state index in [1.807, 2.05) is 11.3 Å². The highest BCUT2D eigenvalue weighted by Gasteiger charge is 2.17. The van der Waals surface area contributed by atoms with Crippen molar-refractivity contribution in [3.8, 4) is 61.3 Å². The number of hydrogen-bond donors (Lipinski definition) is 0. The summed E-state index contributed by atoms with van der Waals surface area (Å²) in [7, 11) is 0. The lowest BCUT2D eigenvalue weighted by Crippen LogP contribution is -2.09. The molecule has 0 amide bonds. The Morgan fingerprint density at radius 3 is 1.23 bits per heavy atom. The summed E-state index contributed by atoms with van der Waals surface area (Å²) >= 11 is 1.86. The zero-order valence-corrected chi connectivity index (χ0v) is 38.5. The second kappa shape index (κ2) is 17.2. The summed E-state index contributed by atoms with van der Waals surface area (Å²) in [6.07, 6.45) is 0. The van der Waals surface area contributed by atoms with Gasteiger partial charge in [-0.3, -0.25) is 0 Å². The molecule has 0 saturated heterocycles. The number of para-hydroxylation sites is 2. The molecule has 0 atom stereocenters. The van der Waals surface area contributed by atoms with E-state index in [0.29, 0.717) is 0 Å². The van der Waals surface area contributed by atoms with E-state index >= 15 is 0 Å². The molecular weight excluding hydrogens is 853 g/mol. The molecule has 0 aliphatic carbocycles. The Morgan fingerprint density at radius 1 is 0.246 bits per heavy atom. The van der Waals surface area contributed by atoms with Crippen molar-refractivity contribution in [3.63, 3.8) is 0 Å². The van der Waals surface area contributed by atoms with E-state index in [4.69, 9.17) is 0 Å². The van der Waals surface area contributed by atoms with Crippen molar-refractivity contribution < 1.29 is 0 Å². The first-order valence-electron chi connectivity index (χ1n) is 23.6. The summed E-state index contributed by atoms with van der Waals surface area (Å²) in [6.45, 7) is 0. The number of thiophene rings is 1. The van der Waals surface area contributed by atoms with Gasteiger partial charge in [0.2, 0.25) is 0 Å². The summed E-state index contributed by atoms with van der Waals surface area (Å²) in [5.41, 5.74) is 18.8. The zero-order chi connectivity index (χ0) is 45.7. The highest BCUT2D eigenvalue weighted by molar-refractivity contribution is 7.25. The predicted molar refractivity (Wildman–Crippen MR) is 296 cm³/mol. The van der Waals surface area contributed by atoms with Crippen LogP contribution in [-0.2, 0) is 0 Å². The van der Waals surface area contributed by atoms with Crippen LogP contribution in [0.2, 0.25) is 0 Å². The smallest absolute Gasteiger partial charge is 0.0541 e. The molecule has 0 aliphatic heterocycles. The van der Waals surface area contributed by atoms with Gasteiger partial charge >= 0.3 is 0 Å². The Labute approximate surface area is 405 Å². The second-order valence-electron chi connectivity index (χ2n) is 17.7. The lowest BCUT2D eigenvalue weighted by Gasteiger charge is -2.26. The molecule has 2 heterocycles. The van der Waals surface area contributed by atoms with E-state index in [2.05, 4.69) is 276 Å². The zero-order valence-electron chi connectivity index (χ0n) is 37.7. The van der Waals surface area contributed by atoms with Crippen LogP contribution in [0.5, 0.6) is 0 Å². The van der Waals surface area contributed by atoms with Crippen molar-refractivity contribution in [2.24, 2.45) is 0 Å². The molecule has 0 bridgehead atoms. The molecular formula is C66H44N2S. The maximum absolute atomic E-state index is 2.37. The summed E-state index contributed by atoms with van der Waals surface area (Å²) < 4.78 is 5.01. The molecule has 0 unspecified atom stereocenters. The Morgan fingerprint density at radius 2 is 0.652 bits per heavy atom. The van der Waals surface area contributed by atoms with Crippen molar-refractivity contribution in [2.75, 3.05) is 4.90 Å². The molecule has 2 nitrogen and oxygen atoms in total. The number of benzene rings is 11. The third kappa shape index (κ3) is 7.47. The van der Waals surface area contributed by atoms with Gasteiger partial charge in [0.1, 0.15) is 0 Å². The summed E-state index contributed by atoms with van der Waals surface area (Å²) in [5.74, 6) is 0. The fourth-order valence-corrected chi connectivity index (χ4v) is 11.3. The van der Waals surface area contributed by atoms with E-state index in [-0.39, 0.29) is 0 Å². The standard InChI is InChI=1S/C66H44N2S/c1-4-14-45(15-5-1)52-40-53(46-16-6-2-7-17-46)42-54(41-52)49-28-36-58(37-29-49)67(57-34-26-48(27-35-57)51-30-38-61-60-21-11-13-23-65(60)69-66(61)44-51)56-32-24-47(25-33-56)50-31-39-64-62(43-50)59-20-10-12-22-63(59)68(64)55-18-8-3-9-19-55/h1-44H. The Hall–Kier alpha value is -8.76. The van der Waals surface area contributed by atoms with Crippen LogP contribution in [0.15, 0.2) is 267 Å². The molecule has 69 heavy (non-hydrogen) atoms. The number of rotatable bonds is 9. The molecule has 3 heteroatoms.